The number of aromatic nitrogens is 4. The van der Waals surface area contributed by atoms with Gasteiger partial charge in [0.15, 0.2) is 5.82 Å². The van der Waals surface area contributed by atoms with E-state index in [-0.39, 0.29) is 18.7 Å². The number of amides is 1. The van der Waals surface area contributed by atoms with E-state index in [9.17, 15) is 14.7 Å². The zero-order valence-corrected chi connectivity index (χ0v) is 20.1. The SMILES string of the molecule is O=C(O)Cc1cn(-c2cncc(-c3[nH]c4ccccc4c3CC(=O)N3CCOCC3)n2)c2ccccc12. The standard InChI is InChI=1S/C28H25N5O4/c34-26(32-9-11-37-12-10-32)14-21-20-6-1-3-7-22(20)31-28(21)23-15-29-16-25(30-23)33-17-18(13-27(35)36)19-5-2-4-8-24(19)33/h1-8,15-17,31H,9-14H2,(H,35,36). The van der Waals surface area contributed by atoms with Gasteiger partial charge in [0.05, 0.1) is 49.7 Å². The van der Waals surface area contributed by atoms with Crippen molar-refractivity contribution in [3.63, 3.8) is 0 Å². The summed E-state index contributed by atoms with van der Waals surface area (Å²) in [5.74, 6) is -0.280. The molecule has 1 aliphatic rings. The molecule has 4 heterocycles. The number of carboxylic acids is 1. The molecule has 2 N–H and O–H groups in total. The molecule has 0 saturated carbocycles. The van der Waals surface area contributed by atoms with Crippen LogP contribution in [0.3, 0.4) is 0 Å². The van der Waals surface area contributed by atoms with Crippen molar-refractivity contribution >= 4 is 33.7 Å². The van der Waals surface area contributed by atoms with Crippen LogP contribution in [0.15, 0.2) is 67.1 Å². The van der Waals surface area contributed by atoms with Gasteiger partial charge in [-0.15, -0.1) is 0 Å². The number of carbonyl (C=O) groups excluding carboxylic acids is 1. The number of nitrogens with one attached hydrogen (secondary N) is 1. The second-order valence-corrected chi connectivity index (χ2v) is 9.07. The molecule has 186 valence electrons. The monoisotopic (exact) mass is 495 g/mol. The van der Waals surface area contributed by atoms with Gasteiger partial charge >= 0.3 is 5.97 Å². The van der Waals surface area contributed by atoms with E-state index >= 15 is 0 Å². The van der Waals surface area contributed by atoms with Crippen LogP contribution in [-0.4, -0.2) is 67.7 Å². The van der Waals surface area contributed by atoms with Gasteiger partial charge in [0.2, 0.25) is 5.91 Å². The van der Waals surface area contributed by atoms with Crippen molar-refractivity contribution in [1.82, 2.24) is 24.4 Å². The summed E-state index contributed by atoms with van der Waals surface area (Å²) >= 11 is 0. The zero-order valence-electron chi connectivity index (χ0n) is 20.1. The minimum absolute atomic E-state index is 0.0492. The van der Waals surface area contributed by atoms with E-state index in [4.69, 9.17) is 9.72 Å². The Hall–Kier alpha value is -4.50. The van der Waals surface area contributed by atoms with E-state index < -0.39 is 5.97 Å². The lowest BCUT2D eigenvalue weighted by atomic mass is 10.0. The lowest BCUT2D eigenvalue weighted by Crippen LogP contribution is -2.41. The molecule has 0 spiro atoms. The predicted molar refractivity (Wildman–Crippen MR) is 139 cm³/mol. The summed E-state index contributed by atoms with van der Waals surface area (Å²) in [5, 5.41) is 11.2. The van der Waals surface area contributed by atoms with Gasteiger partial charge in [0.1, 0.15) is 5.69 Å². The molecule has 0 radical (unpaired) electrons. The molecule has 0 unspecified atom stereocenters. The fourth-order valence-electron chi connectivity index (χ4n) is 5.01. The van der Waals surface area contributed by atoms with Gasteiger partial charge in [0, 0.05) is 35.6 Å². The Morgan fingerprint density at radius 3 is 2.54 bits per heavy atom. The average molecular weight is 496 g/mol. The van der Waals surface area contributed by atoms with Crippen molar-refractivity contribution in [2.75, 3.05) is 26.3 Å². The number of rotatable bonds is 6. The van der Waals surface area contributed by atoms with Crippen LogP contribution in [0, 0.1) is 0 Å². The third kappa shape index (κ3) is 4.34. The highest BCUT2D eigenvalue weighted by molar-refractivity contribution is 5.95. The lowest BCUT2D eigenvalue weighted by molar-refractivity contribution is -0.136. The maximum absolute atomic E-state index is 13.2. The van der Waals surface area contributed by atoms with E-state index in [0.29, 0.717) is 43.4 Å². The van der Waals surface area contributed by atoms with Crippen LogP contribution >= 0.6 is 0 Å². The van der Waals surface area contributed by atoms with Gasteiger partial charge in [-0.2, -0.15) is 0 Å². The predicted octanol–water partition coefficient (Wildman–Crippen LogP) is 3.60. The molecule has 1 fully saturated rings. The Bertz CT molecular complexity index is 1630. The first-order valence-corrected chi connectivity index (χ1v) is 12.2. The first kappa shape index (κ1) is 22.9. The Morgan fingerprint density at radius 2 is 1.73 bits per heavy atom. The third-order valence-corrected chi connectivity index (χ3v) is 6.77. The highest BCUT2D eigenvalue weighted by Gasteiger charge is 2.23. The highest BCUT2D eigenvalue weighted by atomic mass is 16.5. The van der Waals surface area contributed by atoms with Gasteiger partial charge in [0.25, 0.3) is 0 Å². The summed E-state index contributed by atoms with van der Waals surface area (Å²) in [6.45, 7) is 2.28. The van der Waals surface area contributed by atoms with Gasteiger partial charge in [-0.1, -0.05) is 36.4 Å². The molecule has 0 aliphatic carbocycles. The molecule has 37 heavy (non-hydrogen) atoms. The van der Waals surface area contributed by atoms with Gasteiger partial charge < -0.3 is 19.7 Å². The van der Waals surface area contributed by atoms with Gasteiger partial charge in [-0.25, -0.2) is 4.98 Å². The van der Waals surface area contributed by atoms with Crippen molar-refractivity contribution in [1.29, 1.82) is 0 Å². The summed E-state index contributed by atoms with van der Waals surface area (Å²) in [6.07, 6.45) is 5.29. The Kier molecular flexibility index (Phi) is 5.90. The van der Waals surface area contributed by atoms with Crippen molar-refractivity contribution in [2.45, 2.75) is 12.8 Å². The number of aromatic amines is 1. The number of benzene rings is 2. The van der Waals surface area contributed by atoms with E-state index in [1.54, 1.807) is 18.6 Å². The Morgan fingerprint density at radius 1 is 0.973 bits per heavy atom. The summed E-state index contributed by atoms with van der Waals surface area (Å²) in [6, 6.07) is 15.5. The molecule has 9 nitrogen and oxygen atoms in total. The van der Waals surface area contributed by atoms with Crippen LogP contribution in [-0.2, 0) is 27.2 Å². The molecule has 3 aromatic heterocycles. The summed E-state index contributed by atoms with van der Waals surface area (Å²) in [5.41, 5.74) is 4.71. The quantitative estimate of drug-likeness (QED) is 0.372. The minimum Gasteiger partial charge on any atom is -0.481 e. The van der Waals surface area contributed by atoms with Crippen molar-refractivity contribution in [3.8, 4) is 17.2 Å². The molecule has 1 aliphatic heterocycles. The number of morpholine rings is 1. The van der Waals surface area contributed by atoms with E-state index in [1.165, 1.54) is 0 Å². The number of para-hydroxylation sites is 2. The van der Waals surface area contributed by atoms with Crippen molar-refractivity contribution in [3.05, 3.63) is 78.2 Å². The van der Waals surface area contributed by atoms with Crippen LogP contribution in [0.25, 0.3) is 39.0 Å². The lowest BCUT2D eigenvalue weighted by Gasteiger charge is -2.27. The van der Waals surface area contributed by atoms with Crippen LogP contribution < -0.4 is 0 Å². The number of carboxylic acid groups (broad SMARTS) is 1. The number of nitrogens with zero attached hydrogens (tertiary/aromatic N) is 4. The molecule has 6 rings (SSSR count). The maximum Gasteiger partial charge on any atom is 0.307 e. The number of H-pyrrole nitrogens is 1. The smallest absolute Gasteiger partial charge is 0.307 e. The average Bonchev–Trinajstić information content (AvgIpc) is 3.48. The Balaban J connectivity index is 1.44. The largest absolute Gasteiger partial charge is 0.481 e. The number of hydrogen-bond donors (Lipinski definition) is 2. The van der Waals surface area contributed by atoms with Crippen LogP contribution in [0.2, 0.25) is 0 Å². The topological polar surface area (TPSA) is 113 Å². The normalized spacial score (nSPS) is 13.9. The molecule has 2 aromatic carbocycles. The van der Waals surface area contributed by atoms with E-state index in [0.717, 1.165) is 33.1 Å². The van der Waals surface area contributed by atoms with Crippen molar-refractivity contribution < 1.29 is 19.4 Å². The minimum atomic E-state index is -0.893. The summed E-state index contributed by atoms with van der Waals surface area (Å²) in [7, 11) is 0. The zero-order chi connectivity index (χ0) is 25.4. The molecule has 0 bridgehead atoms. The molecule has 9 heteroatoms. The second-order valence-electron chi connectivity index (χ2n) is 9.07. The molecular weight excluding hydrogens is 470 g/mol. The first-order chi connectivity index (χ1) is 18.1. The number of aliphatic carboxylic acids is 1. The fraction of sp³-hybridized carbons (Fsp3) is 0.214. The summed E-state index contributed by atoms with van der Waals surface area (Å²) in [4.78, 5) is 39.3. The fourth-order valence-corrected chi connectivity index (χ4v) is 5.01. The number of ether oxygens (including phenoxy) is 1. The number of hydrogen-bond acceptors (Lipinski definition) is 5. The van der Waals surface area contributed by atoms with Gasteiger partial charge in [-0.3, -0.25) is 19.1 Å². The number of fused-ring (bicyclic) bond motifs is 2. The Labute approximate surface area is 212 Å². The van der Waals surface area contributed by atoms with E-state index in [2.05, 4.69) is 9.97 Å². The number of carbonyl (C=O) groups is 2. The van der Waals surface area contributed by atoms with Crippen molar-refractivity contribution in [2.24, 2.45) is 0 Å². The third-order valence-electron chi connectivity index (χ3n) is 6.77. The first-order valence-electron chi connectivity index (χ1n) is 12.2. The molecule has 1 saturated heterocycles. The van der Waals surface area contributed by atoms with E-state index in [1.807, 2.05) is 58.0 Å². The van der Waals surface area contributed by atoms with Crippen LogP contribution in [0.4, 0.5) is 0 Å². The van der Waals surface area contributed by atoms with Crippen LogP contribution in [0.1, 0.15) is 11.1 Å². The van der Waals surface area contributed by atoms with Gasteiger partial charge in [-0.05, 0) is 23.3 Å². The van der Waals surface area contributed by atoms with Crippen LogP contribution in [0.5, 0.6) is 0 Å². The molecule has 0 atom stereocenters. The molecular formula is C28H25N5O4. The molecule has 5 aromatic rings. The molecule has 1 amide bonds. The second kappa shape index (κ2) is 9.51. The highest BCUT2D eigenvalue weighted by Crippen LogP contribution is 2.31. The maximum atomic E-state index is 13.2. The summed E-state index contributed by atoms with van der Waals surface area (Å²) < 4.78 is 7.27.